The Balaban J connectivity index is 2.94. The average Bonchev–Trinajstić information content (AvgIpc) is 2.39. The largest absolute Gasteiger partial charge is 0.396 e. The van der Waals surface area contributed by atoms with E-state index < -0.39 is 38.3 Å². The first-order valence-corrected chi connectivity index (χ1v) is 8.18. The van der Waals surface area contributed by atoms with Crippen LogP contribution < -0.4 is 10.5 Å². The lowest BCUT2D eigenvalue weighted by atomic mass is 10.3. The van der Waals surface area contributed by atoms with Gasteiger partial charge in [-0.15, -0.1) is 0 Å². The van der Waals surface area contributed by atoms with E-state index in [9.17, 15) is 17.2 Å². The van der Waals surface area contributed by atoms with Crippen molar-refractivity contribution in [3.8, 4) is 0 Å². The van der Waals surface area contributed by atoms with Gasteiger partial charge in [0.15, 0.2) is 0 Å². The molecule has 0 radical (unpaired) electrons. The summed E-state index contributed by atoms with van der Waals surface area (Å²) in [7, 11) is -4.09. The maximum Gasteiger partial charge on any atom is 0.243 e. The van der Waals surface area contributed by atoms with Gasteiger partial charge in [-0.3, -0.25) is 0 Å². The van der Waals surface area contributed by atoms with Crippen molar-refractivity contribution in [2.24, 2.45) is 0 Å². The van der Waals surface area contributed by atoms with Crippen LogP contribution >= 0.6 is 0 Å². The number of halogens is 2. The number of hydrogen-bond acceptors (Lipinski definition) is 4. The fourth-order valence-corrected chi connectivity index (χ4v) is 3.31. The van der Waals surface area contributed by atoms with E-state index in [-0.39, 0.29) is 0 Å². The van der Waals surface area contributed by atoms with Crippen LogP contribution in [0.25, 0.3) is 0 Å². The van der Waals surface area contributed by atoms with Gasteiger partial charge in [0, 0.05) is 18.7 Å². The summed E-state index contributed by atoms with van der Waals surface area (Å²) in [6.07, 6.45) is 0. The number of anilines is 1. The summed E-state index contributed by atoms with van der Waals surface area (Å²) in [5.41, 5.74) is 4.89. The summed E-state index contributed by atoms with van der Waals surface area (Å²) < 4.78 is 53.4. The Morgan fingerprint density at radius 2 is 1.81 bits per heavy atom. The highest BCUT2D eigenvalue weighted by atomic mass is 32.2. The Morgan fingerprint density at radius 3 is 2.33 bits per heavy atom. The van der Waals surface area contributed by atoms with E-state index >= 15 is 0 Å². The van der Waals surface area contributed by atoms with Gasteiger partial charge in [-0.2, -0.15) is 0 Å². The molecule has 0 heterocycles. The molecule has 0 spiro atoms. The first-order chi connectivity index (χ1) is 9.71. The summed E-state index contributed by atoms with van der Waals surface area (Å²) in [5.74, 6) is -2.15. The van der Waals surface area contributed by atoms with Crippen molar-refractivity contribution in [1.82, 2.24) is 9.62 Å². The van der Waals surface area contributed by atoms with Crippen molar-refractivity contribution in [2.45, 2.75) is 31.7 Å². The maximum atomic E-state index is 13.6. The molecule has 1 unspecified atom stereocenters. The Labute approximate surface area is 124 Å². The molecular weight excluding hydrogens is 300 g/mol. The third-order valence-electron chi connectivity index (χ3n) is 3.12. The normalized spacial score (nSPS) is 13.6. The van der Waals surface area contributed by atoms with Gasteiger partial charge in [0.1, 0.15) is 16.5 Å². The van der Waals surface area contributed by atoms with E-state index in [1.165, 1.54) is 0 Å². The summed E-state index contributed by atoms with van der Waals surface area (Å²) in [4.78, 5) is 1.38. The van der Waals surface area contributed by atoms with Gasteiger partial charge in [-0.25, -0.2) is 21.9 Å². The van der Waals surface area contributed by atoms with Crippen LogP contribution in [0.3, 0.4) is 0 Å². The summed E-state index contributed by atoms with van der Waals surface area (Å²) in [6, 6.07) is 0.844. The molecular formula is C13H21F2N3O2S. The van der Waals surface area contributed by atoms with Crippen LogP contribution in [0.5, 0.6) is 0 Å². The fourth-order valence-electron chi connectivity index (χ4n) is 1.99. The molecule has 0 fully saturated rings. The molecule has 0 saturated carbocycles. The second-order valence-corrected chi connectivity index (χ2v) is 6.49. The second kappa shape index (κ2) is 7.15. The number of sulfonamides is 1. The Bertz CT molecular complexity index is 589. The lowest BCUT2D eigenvalue weighted by Crippen LogP contribution is -2.42. The first kappa shape index (κ1) is 17.8. The Kier molecular flexibility index (Phi) is 6.06. The molecule has 0 bridgehead atoms. The number of nitrogens with zero attached hydrogens (tertiary/aromatic N) is 1. The van der Waals surface area contributed by atoms with E-state index in [0.717, 1.165) is 19.2 Å². The molecule has 21 heavy (non-hydrogen) atoms. The highest BCUT2D eigenvalue weighted by Crippen LogP contribution is 2.21. The highest BCUT2D eigenvalue weighted by molar-refractivity contribution is 7.89. The smallest absolute Gasteiger partial charge is 0.243 e. The molecule has 8 heteroatoms. The fraction of sp³-hybridized carbons (Fsp3) is 0.538. The predicted octanol–water partition coefficient (Wildman–Crippen LogP) is 1.56. The average molecular weight is 321 g/mol. The summed E-state index contributed by atoms with van der Waals surface area (Å²) in [6.45, 7) is 7.65. The van der Waals surface area contributed by atoms with Crippen molar-refractivity contribution < 1.29 is 17.2 Å². The molecule has 0 aliphatic carbocycles. The third-order valence-corrected chi connectivity index (χ3v) is 4.73. The second-order valence-electron chi connectivity index (χ2n) is 4.81. The van der Waals surface area contributed by atoms with Gasteiger partial charge in [-0.1, -0.05) is 13.8 Å². The Hall–Kier alpha value is -1.25. The number of benzene rings is 1. The molecule has 0 aliphatic heterocycles. The minimum atomic E-state index is -4.09. The molecule has 0 amide bonds. The SMILES string of the molecule is CCN(CC)CC(C)NS(=O)(=O)c1cc(N)c(F)cc1F. The predicted molar refractivity (Wildman–Crippen MR) is 78.3 cm³/mol. The maximum absolute atomic E-state index is 13.6. The number of nitrogens with two attached hydrogens (primary N) is 1. The minimum absolute atomic E-state index is 0.409. The van der Waals surface area contributed by atoms with E-state index in [1.807, 2.05) is 18.7 Å². The van der Waals surface area contributed by atoms with E-state index in [4.69, 9.17) is 5.73 Å². The summed E-state index contributed by atoms with van der Waals surface area (Å²) >= 11 is 0. The van der Waals surface area contributed by atoms with Crippen molar-refractivity contribution in [3.05, 3.63) is 23.8 Å². The van der Waals surface area contributed by atoms with Crippen LogP contribution in [0.4, 0.5) is 14.5 Å². The van der Waals surface area contributed by atoms with E-state index in [0.29, 0.717) is 12.6 Å². The molecule has 0 aliphatic rings. The van der Waals surface area contributed by atoms with Gasteiger partial charge >= 0.3 is 0 Å². The lowest BCUT2D eigenvalue weighted by Gasteiger charge is -2.23. The third kappa shape index (κ3) is 4.62. The quantitative estimate of drug-likeness (QED) is 0.747. The number of likely N-dealkylation sites (N-methyl/N-ethyl adjacent to an activating group) is 1. The van der Waals surface area contributed by atoms with Crippen LogP contribution in [0, 0.1) is 11.6 Å². The molecule has 1 aromatic carbocycles. The molecule has 3 N–H and O–H groups in total. The van der Waals surface area contributed by atoms with Crippen LogP contribution in [-0.4, -0.2) is 39.0 Å². The summed E-state index contributed by atoms with van der Waals surface area (Å²) in [5, 5.41) is 0. The van der Waals surface area contributed by atoms with E-state index in [2.05, 4.69) is 4.72 Å². The number of hydrogen-bond donors (Lipinski definition) is 2. The monoisotopic (exact) mass is 321 g/mol. The van der Waals surface area contributed by atoms with E-state index in [1.54, 1.807) is 6.92 Å². The highest BCUT2D eigenvalue weighted by Gasteiger charge is 2.23. The number of nitrogen functional groups attached to an aromatic ring is 1. The Morgan fingerprint density at radius 1 is 1.24 bits per heavy atom. The molecule has 1 aromatic rings. The molecule has 1 atom stereocenters. The van der Waals surface area contributed by atoms with Gasteiger partial charge in [0.05, 0.1) is 5.69 Å². The van der Waals surface area contributed by atoms with Gasteiger partial charge in [0.2, 0.25) is 10.0 Å². The number of nitrogens with one attached hydrogen (secondary N) is 1. The molecule has 1 rings (SSSR count). The first-order valence-electron chi connectivity index (χ1n) is 6.70. The zero-order valence-corrected chi connectivity index (χ0v) is 13.2. The van der Waals surface area contributed by atoms with Crippen molar-refractivity contribution >= 4 is 15.7 Å². The van der Waals surface area contributed by atoms with Crippen LogP contribution in [-0.2, 0) is 10.0 Å². The molecule has 5 nitrogen and oxygen atoms in total. The number of rotatable bonds is 7. The van der Waals surface area contributed by atoms with Gasteiger partial charge in [-0.05, 0) is 26.1 Å². The zero-order valence-electron chi connectivity index (χ0n) is 12.4. The van der Waals surface area contributed by atoms with Crippen LogP contribution in [0.15, 0.2) is 17.0 Å². The van der Waals surface area contributed by atoms with Crippen molar-refractivity contribution in [1.29, 1.82) is 0 Å². The van der Waals surface area contributed by atoms with Gasteiger partial charge in [0.25, 0.3) is 0 Å². The minimum Gasteiger partial charge on any atom is -0.396 e. The van der Waals surface area contributed by atoms with Crippen LogP contribution in [0.2, 0.25) is 0 Å². The molecule has 0 saturated heterocycles. The van der Waals surface area contributed by atoms with Crippen LogP contribution in [0.1, 0.15) is 20.8 Å². The van der Waals surface area contributed by atoms with Crippen molar-refractivity contribution in [2.75, 3.05) is 25.4 Å². The molecule has 0 aromatic heterocycles. The molecule has 120 valence electrons. The standard InChI is InChI=1S/C13H21F2N3O2S/c1-4-18(5-2)8-9(3)17-21(19,20)13-7-12(16)10(14)6-11(13)15/h6-7,9,17H,4-5,8,16H2,1-3H3. The topological polar surface area (TPSA) is 75.4 Å². The zero-order chi connectivity index (χ0) is 16.2. The van der Waals surface area contributed by atoms with Gasteiger partial charge < -0.3 is 10.6 Å². The lowest BCUT2D eigenvalue weighted by molar-refractivity contribution is 0.282. The van der Waals surface area contributed by atoms with Crippen molar-refractivity contribution in [3.63, 3.8) is 0 Å².